The summed E-state index contributed by atoms with van der Waals surface area (Å²) in [4.78, 5) is 30.3. The van der Waals surface area contributed by atoms with Gasteiger partial charge in [-0.1, -0.05) is 48.5 Å². The van der Waals surface area contributed by atoms with Crippen molar-refractivity contribution in [3.05, 3.63) is 102 Å². The second-order valence-electron chi connectivity index (χ2n) is 8.28. The first-order chi connectivity index (χ1) is 16.6. The average Bonchev–Trinajstić information content (AvgIpc) is 2.89. The molecule has 0 radical (unpaired) electrons. The molecule has 0 aromatic heterocycles. The van der Waals surface area contributed by atoms with E-state index in [0.29, 0.717) is 12.1 Å². The zero-order chi connectivity index (χ0) is 23.8. The number of benzene rings is 3. The summed E-state index contributed by atoms with van der Waals surface area (Å²) in [6, 6.07) is 23.9. The van der Waals surface area contributed by atoms with Crippen LogP contribution in [0.5, 0.6) is 0 Å². The Morgan fingerprint density at radius 3 is 2.09 bits per heavy atom. The number of hydrogen-bond donors (Lipinski definition) is 2. The molecule has 4 rings (SSSR count). The lowest BCUT2D eigenvalue weighted by molar-refractivity contribution is -0.123. The highest BCUT2D eigenvalue weighted by atomic mass is 19.1. The minimum atomic E-state index is -0.774. The summed E-state index contributed by atoms with van der Waals surface area (Å²) < 4.78 is 13.2. The molecule has 6 nitrogen and oxygen atoms in total. The fourth-order valence-corrected chi connectivity index (χ4v) is 4.07. The lowest BCUT2D eigenvalue weighted by Gasteiger charge is -2.36. The van der Waals surface area contributed by atoms with Gasteiger partial charge in [0.05, 0.1) is 0 Å². The predicted molar refractivity (Wildman–Crippen MR) is 131 cm³/mol. The Hall–Kier alpha value is -3.71. The Balaban J connectivity index is 1.29. The Bertz CT molecular complexity index is 1070. The Morgan fingerprint density at radius 2 is 1.44 bits per heavy atom. The van der Waals surface area contributed by atoms with E-state index in [1.807, 2.05) is 36.4 Å². The fourth-order valence-electron chi connectivity index (χ4n) is 4.07. The van der Waals surface area contributed by atoms with Gasteiger partial charge in [-0.2, -0.15) is 0 Å². The molecular weight excluding hydrogens is 431 g/mol. The van der Waals surface area contributed by atoms with Gasteiger partial charge in [-0.15, -0.1) is 0 Å². The number of nitrogens with zero attached hydrogens (tertiary/aromatic N) is 2. The van der Waals surface area contributed by atoms with E-state index < -0.39 is 6.04 Å². The van der Waals surface area contributed by atoms with Crippen molar-refractivity contribution in [3.8, 4) is 0 Å². The van der Waals surface area contributed by atoms with Crippen LogP contribution in [0.1, 0.15) is 22.0 Å². The first-order valence-corrected chi connectivity index (χ1v) is 11.5. The standard InChI is InChI=1S/C27H29FN4O2/c28-23-11-13-24(14-12-23)32-19-17-31(18-20-32)16-15-29-27(34)25(21-7-3-1-4-8-21)30-26(33)22-9-5-2-6-10-22/h1-14,25H,15-20H2,(H,29,34)(H,30,33). The Labute approximate surface area is 199 Å². The van der Waals surface area contributed by atoms with Gasteiger partial charge in [-0.05, 0) is 42.0 Å². The zero-order valence-corrected chi connectivity index (χ0v) is 19.0. The number of piperazine rings is 1. The van der Waals surface area contributed by atoms with E-state index in [-0.39, 0.29) is 17.6 Å². The first kappa shape index (κ1) is 23.4. The highest BCUT2D eigenvalue weighted by Crippen LogP contribution is 2.17. The van der Waals surface area contributed by atoms with Crippen LogP contribution < -0.4 is 15.5 Å². The number of amides is 2. The molecule has 0 saturated carbocycles. The van der Waals surface area contributed by atoms with Crippen LogP contribution in [-0.4, -0.2) is 56.0 Å². The number of hydrogen-bond acceptors (Lipinski definition) is 4. The highest BCUT2D eigenvalue weighted by molar-refractivity contribution is 5.97. The minimum absolute atomic E-state index is 0.230. The van der Waals surface area contributed by atoms with Crippen LogP contribution in [-0.2, 0) is 4.79 Å². The van der Waals surface area contributed by atoms with Crippen LogP contribution in [0.3, 0.4) is 0 Å². The molecule has 7 heteroatoms. The summed E-state index contributed by atoms with van der Waals surface area (Å²) in [5, 5.41) is 5.85. The molecule has 0 aliphatic carbocycles. The van der Waals surface area contributed by atoms with Gasteiger partial charge in [0.2, 0.25) is 5.91 Å². The lowest BCUT2D eigenvalue weighted by atomic mass is 10.1. The van der Waals surface area contributed by atoms with E-state index in [1.54, 1.807) is 36.4 Å². The summed E-state index contributed by atoms with van der Waals surface area (Å²) in [7, 11) is 0. The maximum absolute atomic E-state index is 13.2. The fraction of sp³-hybridized carbons (Fsp3) is 0.259. The van der Waals surface area contributed by atoms with Crippen molar-refractivity contribution in [2.24, 2.45) is 0 Å². The number of carbonyl (C=O) groups excluding carboxylic acids is 2. The molecule has 1 saturated heterocycles. The molecular formula is C27H29FN4O2. The van der Waals surface area contributed by atoms with Gasteiger partial charge in [0, 0.05) is 50.5 Å². The third-order valence-electron chi connectivity index (χ3n) is 6.00. The summed E-state index contributed by atoms with van der Waals surface area (Å²) in [5.41, 5.74) is 2.27. The van der Waals surface area contributed by atoms with Gasteiger partial charge < -0.3 is 15.5 Å². The molecule has 1 atom stereocenters. The summed E-state index contributed by atoms with van der Waals surface area (Å²) in [6.45, 7) is 4.62. The predicted octanol–water partition coefficient (Wildman–Crippen LogP) is 3.24. The average molecular weight is 461 g/mol. The topological polar surface area (TPSA) is 64.7 Å². The summed E-state index contributed by atoms with van der Waals surface area (Å²) in [5.74, 6) is -0.756. The van der Waals surface area contributed by atoms with Gasteiger partial charge in [0.1, 0.15) is 11.9 Å². The van der Waals surface area contributed by atoms with Crippen molar-refractivity contribution in [2.75, 3.05) is 44.2 Å². The SMILES string of the molecule is O=C(NC(C(=O)NCCN1CCN(c2ccc(F)cc2)CC1)c1ccccc1)c1ccccc1. The lowest BCUT2D eigenvalue weighted by Crippen LogP contribution is -2.49. The van der Waals surface area contributed by atoms with Gasteiger partial charge in [0.15, 0.2) is 0 Å². The van der Waals surface area contributed by atoms with Crippen LogP contribution in [0.4, 0.5) is 10.1 Å². The third-order valence-corrected chi connectivity index (χ3v) is 6.00. The van der Waals surface area contributed by atoms with Crippen molar-refractivity contribution in [2.45, 2.75) is 6.04 Å². The van der Waals surface area contributed by atoms with E-state index in [0.717, 1.165) is 44.0 Å². The van der Waals surface area contributed by atoms with E-state index in [1.165, 1.54) is 12.1 Å². The van der Waals surface area contributed by atoms with Crippen molar-refractivity contribution in [1.82, 2.24) is 15.5 Å². The van der Waals surface area contributed by atoms with Crippen LogP contribution in [0.25, 0.3) is 0 Å². The molecule has 1 unspecified atom stereocenters. The van der Waals surface area contributed by atoms with Crippen LogP contribution in [0, 0.1) is 5.82 Å². The molecule has 1 fully saturated rings. The van der Waals surface area contributed by atoms with E-state index in [4.69, 9.17) is 0 Å². The number of nitrogens with one attached hydrogen (secondary N) is 2. The highest BCUT2D eigenvalue weighted by Gasteiger charge is 2.23. The molecule has 1 heterocycles. The number of anilines is 1. The van der Waals surface area contributed by atoms with Crippen molar-refractivity contribution < 1.29 is 14.0 Å². The van der Waals surface area contributed by atoms with Crippen molar-refractivity contribution >= 4 is 17.5 Å². The van der Waals surface area contributed by atoms with Crippen LogP contribution in [0.15, 0.2) is 84.9 Å². The van der Waals surface area contributed by atoms with Gasteiger partial charge in [-0.3, -0.25) is 14.5 Å². The monoisotopic (exact) mass is 460 g/mol. The summed E-state index contributed by atoms with van der Waals surface area (Å²) >= 11 is 0. The maximum atomic E-state index is 13.2. The number of carbonyl (C=O) groups is 2. The molecule has 0 spiro atoms. The molecule has 34 heavy (non-hydrogen) atoms. The Morgan fingerprint density at radius 1 is 0.824 bits per heavy atom. The molecule has 1 aliphatic rings. The normalized spacial score (nSPS) is 14.9. The van der Waals surface area contributed by atoms with Crippen LogP contribution in [0.2, 0.25) is 0 Å². The smallest absolute Gasteiger partial charge is 0.252 e. The van der Waals surface area contributed by atoms with Crippen molar-refractivity contribution in [3.63, 3.8) is 0 Å². The maximum Gasteiger partial charge on any atom is 0.252 e. The molecule has 176 valence electrons. The first-order valence-electron chi connectivity index (χ1n) is 11.5. The summed E-state index contributed by atoms with van der Waals surface area (Å²) in [6.07, 6.45) is 0. The van der Waals surface area contributed by atoms with Gasteiger partial charge >= 0.3 is 0 Å². The molecule has 3 aromatic carbocycles. The second-order valence-corrected chi connectivity index (χ2v) is 8.28. The molecule has 2 amide bonds. The molecule has 0 bridgehead atoms. The molecule has 3 aromatic rings. The quantitative estimate of drug-likeness (QED) is 0.542. The minimum Gasteiger partial charge on any atom is -0.369 e. The van der Waals surface area contributed by atoms with Gasteiger partial charge in [0.25, 0.3) is 5.91 Å². The molecule has 1 aliphatic heterocycles. The number of rotatable bonds is 8. The Kier molecular flexibility index (Phi) is 7.88. The third kappa shape index (κ3) is 6.20. The largest absolute Gasteiger partial charge is 0.369 e. The van der Waals surface area contributed by atoms with E-state index >= 15 is 0 Å². The van der Waals surface area contributed by atoms with Crippen molar-refractivity contribution in [1.29, 1.82) is 0 Å². The van der Waals surface area contributed by atoms with Gasteiger partial charge in [-0.25, -0.2) is 4.39 Å². The van der Waals surface area contributed by atoms with Crippen LogP contribution >= 0.6 is 0 Å². The molecule has 2 N–H and O–H groups in total. The second kappa shape index (κ2) is 11.4. The zero-order valence-electron chi connectivity index (χ0n) is 19.0. The van der Waals surface area contributed by atoms with E-state index in [9.17, 15) is 14.0 Å². The number of halogens is 1. The van der Waals surface area contributed by atoms with E-state index in [2.05, 4.69) is 20.4 Å².